The Morgan fingerprint density at radius 3 is 2.00 bits per heavy atom. The van der Waals surface area contributed by atoms with Crippen molar-refractivity contribution in [2.24, 2.45) is 0 Å². The maximum Gasteiger partial charge on any atom is 0.180 e. The maximum atomic E-state index is 12.8. The lowest BCUT2D eigenvalue weighted by Gasteiger charge is -2.22. The molecule has 0 radical (unpaired) electrons. The van der Waals surface area contributed by atoms with Crippen LogP contribution < -0.4 is 0 Å². The summed E-state index contributed by atoms with van der Waals surface area (Å²) in [5, 5.41) is 1.69. The van der Waals surface area contributed by atoms with E-state index in [-0.39, 0.29) is 11.6 Å². The lowest BCUT2D eigenvalue weighted by atomic mass is 9.78. The Bertz CT molecular complexity index is 833. The molecular formula is C18H11NO2. The predicted octanol–water partition coefficient (Wildman–Crippen LogP) is 3.40. The second-order valence-corrected chi connectivity index (χ2v) is 5.13. The molecule has 3 nitrogen and oxygen atoms in total. The SMILES string of the molecule is O=C1c2cccc3cccc(c23)C(=O)C1c1ccccn1. The van der Waals surface area contributed by atoms with Crippen molar-refractivity contribution in [2.75, 3.05) is 0 Å². The molecule has 21 heavy (non-hydrogen) atoms. The molecular weight excluding hydrogens is 262 g/mol. The van der Waals surface area contributed by atoms with Crippen molar-refractivity contribution >= 4 is 22.3 Å². The molecule has 0 fully saturated rings. The van der Waals surface area contributed by atoms with Gasteiger partial charge in [0.25, 0.3) is 0 Å². The fraction of sp³-hybridized carbons (Fsp3) is 0.0556. The highest BCUT2D eigenvalue weighted by atomic mass is 16.2. The van der Waals surface area contributed by atoms with Gasteiger partial charge in [0.2, 0.25) is 0 Å². The highest BCUT2D eigenvalue weighted by molar-refractivity contribution is 6.31. The van der Waals surface area contributed by atoms with Gasteiger partial charge in [0.1, 0.15) is 5.92 Å². The zero-order valence-electron chi connectivity index (χ0n) is 11.1. The molecule has 0 aliphatic heterocycles. The third-order valence-electron chi connectivity index (χ3n) is 3.94. The van der Waals surface area contributed by atoms with Crippen molar-refractivity contribution in [2.45, 2.75) is 5.92 Å². The van der Waals surface area contributed by atoms with Gasteiger partial charge in [-0.1, -0.05) is 42.5 Å². The summed E-state index contributed by atoms with van der Waals surface area (Å²) < 4.78 is 0. The van der Waals surface area contributed by atoms with E-state index in [1.54, 1.807) is 36.5 Å². The van der Waals surface area contributed by atoms with E-state index in [1.807, 2.05) is 24.3 Å². The normalized spacial score (nSPS) is 14.7. The molecule has 0 atom stereocenters. The standard InChI is InChI=1S/C18H11NO2/c20-17-12-7-3-5-11-6-4-8-13(15(11)12)18(21)16(17)14-9-1-2-10-19-14/h1-10,16H. The van der Waals surface area contributed by atoms with Gasteiger partial charge in [-0.25, -0.2) is 0 Å². The Kier molecular flexibility index (Phi) is 2.48. The van der Waals surface area contributed by atoms with Crippen LogP contribution in [0.1, 0.15) is 32.3 Å². The lowest BCUT2D eigenvalue weighted by molar-refractivity contribution is 0.0854. The Morgan fingerprint density at radius 1 is 0.762 bits per heavy atom. The summed E-state index contributed by atoms with van der Waals surface area (Å²) in [6.07, 6.45) is 1.61. The van der Waals surface area contributed by atoms with Gasteiger partial charge < -0.3 is 0 Å². The van der Waals surface area contributed by atoms with E-state index in [9.17, 15) is 9.59 Å². The summed E-state index contributed by atoms with van der Waals surface area (Å²) in [7, 11) is 0. The number of rotatable bonds is 1. The number of carbonyl (C=O) groups is 2. The quantitative estimate of drug-likeness (QED) is 0.638. The van der Waals surface area contributed by atoms with Crippen molar-refractivity contribution in [1.82, 2.24) is 4.98 Å². The second kappa shape index (κ2) is 4.35. The zero-order valence-corrected chi connectivity index (χ0v) is 11.1. The van der Waals surface area contributed by atoms with Crippen LogP contribution in [0.25, 0.3) is 10.8 Å². The number of pyridine rings is 1. The number of benzene rings is 2. The molecule has 0 saturated carbocycles. The van der Waals surface area contributed by atoms with Crippen molar-refractivity contribution in [3.05, 3.63) is 77.6 Å². The molecule has 3 heteroatoms. The van der Waals surface area contributed by atoms with Crippen LogP contribution in [-0.2, 0) is 0 Å². The van der Waals surface area contributed by atoms with Crippen molar-refractivity contribution in [1.29, 1.82) is 0 Å². The smallest absolute Gasteiger partial charge is 0.180 e. The molecule has 100 valence electrons. The van der Waals surface area contributed by atoms with E-state index < -0.39 is 5.92 Å². The Balaban J connectivity index is 2.02. The molecule has 4 rings (SSSR count). The first-order valence-corrected chi connectivity index (χ1v) is 6.78. The van der Waals surface area contributed by atoms with Gasteiger partial charge in [-0.15, -0.1) is 0 Å². The number of hydrogen-bond donors (Lipinski definition) is 0. The Hall–Kier alpha value is -2.81. The number of carbonyl (C=O) groups excluding carboxylic acids is 2. The third kappa shape index (κ3) is 1.64. The van der Waals surface area contributed by atoms with Gasteiger partial charge in [-0.05, 0) is 17.5 Å². The van der Waals surface area contributed by atoms with Crippen LogP contribution in [0.2, 0.25) is 0 Å². The van der Waals surface area contributed by atoms with Crippen LogP contribution in [0, 0.1) is 0 Å². The van der Waals surface area contributed by atoms with E-state index in [4.69, 9.17) is 0 Å². The van der Waals surface area contributed by atoms with Crippen molar-refractivity contribution in [3.8, 4) is 0 Å². The van der Waals surface area contributed by atoms with Gasteiger partial charge in [0, 0.05) is 22.7 Å². The summed E-state index contributed by atoms with van der Waals surface area (Å²) in [5.74, 6) is -1.15. The minimum Gasteiger partial charge on any atom is -0.293 e. The fourth-order valence-electron chi connectivity index (χ4n) is 3.00. The van der Waals surface area contributed by atoms with Gasteiger partial charge >= 0.3 is 0 Å². The average molecular weight is 273 g/mol. The first-order valence-electron chi connectivity index (χ1n) is 6.78. The van der Waals surface area contributed by atoms with Crippen molar-refractivity contribution in [3.63, 3.8) is 0 Å². The number of aromatic nitrogens is 1. The lowest BCUT2D eigenvalue weighted by Crippen LogP contribution is -2.28. The Labute approximate surface area is 121 Å². The predicted molar refractivity (Wildman–Crippen MR) is 79.6 cm³/mol. The van der Waals surface area contributed by atoms with E-state index in [0.29, 0.717) is 16.8 Å². The molecule has 0 amide bonds. The zero-order chi connectivity index (χ0) is 14.4. The fourth-order valence-corrected chi connectivity index (χ4v) is 3.00. The van der Waals surface area contributed by atoms with Crippen LogP contribution in [0.4, 0.5) is 0 Å². The first-order chi connectivity index (χ1) is 10.3. The summed E-state index contributed by atoms with van der Waals surface area (Å²) in [6, 6.07) is 16.4. The number of ketones is 2. The van der Waals surface area contributed by atoms with Gasteiger partial charge in [-0.2, -0.15) is 0 Å². The minimum atomic E-state index is -0.827. The van der Waals surface area contributed by atoms with Gasteiger partial charge in [0.05, 0.1) is 5.69 Å². The van der Waals surface area contributed by atoms with Crippen LogP contribution in [-0.4, -0.2) is 16.6 Å². The topological polar surface area (TPSA) is 47.0 Å². The number of Topliss-reactive ketones (excluding diaryl/α,β-unsaturated/α-hetero) is 2. The van der Waals surface area contributed by atoms with Crippen LogP contribution in [0.5, 0.6) is 0 Å². The first kappa shape index (κ1) is 12.0. The highest BCUT2D eigenvalue weighted by Gasteiger charge is 2.37. The molecule has 0 spiro atoms. The Morgan fingerprint density at radius 2 is 1.43 bits per heavy atom. The number of hydrogen-bond acceptors (Lipinski definition) is 3. The molecule has 0 bridgehead atoms. The summed E-state index contributed by atoms with van der Waals surface area (Å²) in [4.78, 5) is 29.7. The highest BCUT2D eigenvalue weighted by Crippen LogP contribution is 2.35. The molecule has 1 aromatic heterocycles. The van der Waals surface area contributed by atoms with Gasteiger partial charge in [-0.3, -0.25) is 14.6 Å². The second-order valence-electron chi connectivity index (χ2n) is 5.13. The molecule has 1 heterocycles. The van der Waals surface area contributed by atoms with E-state index in [2.05, 4.69) is 4.98 Å². The average Bonchev–Trinajstić information content (AvgIpc) is 2.54. The minimum absolute atomic E-state index is 0.164. The number of nitrogens with zero attached hydrogens (tertiary/aromatic N) is 1. The molecule has 0 N–H and O–H groups in total. The summed E-state index contributed by atoms with van der Waals surface area (Å²) in [6.45, 7) is 0. The van der Waals surface area contributed by atoms with Crippen LogP contribution >= 0.6 is 0 Å². The van der Waals surface area contributed by atoms with Crippen LogP contribution in [0.3, 0.4) is 0 Å². The molecule has 0 saturated heterocycles. The molecule has 2 aromatic carbocycles. The molecule has 1 aliphatic rings. The van der Waals surface area contributed by atoms with E-state index in [1.165, 1.54) is 0 Å². The van der Waals surface area contributed by atoms with Crippen LogP contribution in [0.15, 0.2) is 60.8 Å². The largest absolute Gasteiger partial charge is 0.293 e. The third-order valence-corrected chi connectivity index (χ3v) is 3.94. The summed E-state index contributed by atoms with van der Waals surface area (Å²) >= 11 is 0. The maximum absolute atomic E-state index is 12.8. The van der Waals surface area contributed by atoms with E-state index >= 15 is 0 Å². The van der Waals surface area contributed by atoms with Crippen molar-refractivity contribution < 1.29 is 9.59 Å². The molecule has 1 aliphatic carbocycles. The van der Waals surface area contributed by atoms with E-state index in [0.717, 1.165) is 10.8 Å². The van der Waals surface area contributed by atoms with Gasteiger partial charge in [0.15, 0.2) is 11.6 Å². The summed E-state index contributed by atoms with van der Waals surface area (Å²) in [5.41, 5.74) is 1.73. The monoisotopic (exact) mass is 273 g/mol. The molecule has 3 aromatic rings. The molecule has 0 unspecified atom stereocenters.